The first-order valence-electron chi connectivity index (χ1n) is 6.95. The molecular formula is C18H20O4. The molecule has 4 nitrogen and oxygen atoms in total. The summed E-state index contributed by atoms with van der Waals surface area (Å²) < 4.78 is 10.1. The van der Waals surface area contributed by atoms with E-state index in [0.29, 0.717) is 0 Å². The topological polar surface area (TPSA) is 52.6 Å². The van der Waals surface area contributed by atoms with Crippen molar-refractivity contribution in [1.82, 2.24) is 0 Å². The van der Waals surface area contributed by atoms with Gasteiger partial charge in [0.1, 0.15) is 13.2 Å². The molecule has 0 heterocycles. The predicted molar refractivity (Wildman–Crippen MR) is 84.9 cm³/mol. The maximum Gasteiger partial charge on any atom is 0.306 e. The van der Waals surface area contributed by atoms with Crippen molar-refractivity contribution in [2.24, 2.45) is 0 Å². The number of benzene rings is 1. The number of rotatable bonds is 9. The van der Waals surface area contributed by atoms with Crippen molar-refractivity contribution in [2.75, 3.05) is 6.61 Å². The van der Waals surface area contributed by atoms with Crippen molar-refractivity contribution in [3.05, 3.63) is 72.9 Å². The van der Waals surface area contributed by atoms with E-state index < -0.39 is 11.9 Å². The first kappa shape index (κ1) is 17.4. The standard InChI is InChI=1S/C18H20O4/c1-3-8-15(4-2)13-21-17(19)11-12-18(20)22-14-16-9-6-5-7-10-16/h3-10H,1-2,11-14H2/b15-8+. The molecule has 0 atom stereocenters. The Bertz CT molecular complexity index is 543. The van der Waals surface area contributed by atoms with Gasteiger partial charge in [0.2, 0.25) is 0 Å². The Labute approximate surface area is 130 Å². The minimum absolute atomic E-state index is 0.000260. The van der Waals surface area contributed by atoms with Crippen molar-refractivity contribution in [1.29, 1.82) is 0 Å². The number of carbonyl (C=O) groups excluding carboxylic acids is 2. The van der Waals surface area contributed by atoms with E-state index >= 15 is 0 Å². The van der Waals surface area contributed by atoms with E-state index in [4.69, 9.17) is 9.47 Å². The van der Waals surface area contributed by atoms with Gasteiger partial charge >= 0.3 is 11.9 Å². The second-order valence-corrected chi connectivity index (χ2v) is 4.49. The molecular weight excluding hydrogens is 280 g/mol. The molecule has 0 amide bonds. The Balaban J connectivity index is 2.23. The summed E-state index contributed by atoms with van der Waals surface area (Å²) >= 11 is 0. The summed E-state index contributed by atoms with van der Waals surface area (Å²) in [6.07, 6.45) is 4.87. The molecule has 0 radical (unpaired) electrons. The largest absolute Gasteiger partial charge is 0.461 e. The van der Waals surface area contributed by atoms with Gasteiger partial charge in [0.25, 0.3) is 0 Å². The van der Waals surface area contributed by atoms with E-state index in [-0.39, 0.29) is 26.1 Å². The highest BCUT2D eigenvalue weighted by atomic mass is 16.5. The van der Waals surface area contributed by atoms with Crippen LogP contribution in [-0.2, 0) is 25.7 Å². The number of hydrogen-bond acceptors (Lipinski definition) is 4. The quantitative estimate of drug-likeness (QED) is 0.518. The fraction of sp³-hybridized carbons (Fsp3) is 0.222. The first-order chi connectivity index (χ1) is 10.7. The zero-order chi connectivity index (χ0) is 16.2. The van der Waals surface area contributed by atoms with Crippen LogP contribution in [0.2, 0.25) is 0 Å². The summed E-state index contributed by atoms with van der Waals surface area (Å²) in [6, 6.07) is 9.36. The fourth-order valence-electron chi connectivity index (χ4n) is 1.58. The lowest BCUT2D eigenvalue weighted by Crippen LogP contribution is -2.11. The molecule has 0 unspecified atom stereocenters. The second kappa shape index (κ2) is 10.2. The molecule has 1 rings (SSSR count). The number of ether oxygens (including phenoxy) is 2. The third kappa shape index (κ3) is 7.24. The average molecular weight is 300 g/mol. The summed E-state index contributed by atoms with van der Waals surface area (Å²) in [5.41, 5.74) is 1.65. The molecule has 1 aromatic carbocycles. The van der Waals surface area contributed by atoms with E-state index in [2.05, 4.69) is 13.2 Å². The van der Waals surface area contributed by atoms with Gasteiger partial charge in [0.05, 0.1) is 12.8 Å². The van der Waals surface area contributed by atoms with Gasteiger partial charge in [-0.1, -0.05) is 61.7 Å². The van der Waals surface area contributed by atoms with Gasteiger partial charge in [0, 0.05) is 0 Å². The van der Waals surface area contributed by atoms with E-state index in [1.165, 1.54) is 0 Å². The Morgan fingerprint density at radius 3 is 2.23 bits per heavy atom. The highest BCUT2D eigenvalue weighted by Gasteiger charge is 2.09. The predicted octanol–water partition coefficient (Wildman–Crippen LogP) is 3.35. The SMILES string of the molecule is C=C/C=C(\C=C)COC(=O)CCC(=O)OCc1ccccc1. The third-order valence-corrected chi connectivity index (χ3v) is 2.77. The molecule has 22 heavy (non-hydrogen) atoms. The van der Waals surface area contributed by atoms with Crippen molar-refractivity contribution in [2.45, 2.75) is 19.4 Å². The van der Waals surface area contributed by atoms with Crippen LogP contribution in [-0.4, -0.2) is 18.5 Å². The second-order valence-electron chi connectivity index (χ2n) is 4.49. The van der Waals surface area contributed by atoms with Crippen LogP contribution in [0, 0.1) is 0 Å². The summed E-state index contributed by atoms with van der Waals surface area (Å²) in [5, 5.41) is 0. The lowest BCUT2D eigenvalue weighted by Gasteiger charge is -2.06. The van der Waals surface area contributed by atoms with Gasteiger partial charge in [-0.2, -0.15) is 0 Å². The van der Waals surface area contributed by atoms with Crippen LogP contribution in [0.1, 0.15) is 18.4 Å². The summed E-state index contributed by atoms with van der Waals surface area (Å²) in [4.78, 5) is 23.1. The summed E-state index contributed by atoms with van der Waals surface area (Å²) in [6.45, 7) is 7.48. The van der Waals surface area contributed by atoms with Gasteiger partial charge in [-0.3, -0.25) is 9.59 Å². The van der Waals surface area contributed by atoms with Crippen LogP contribution in [0.15, 0.2) is 67.3 Å². The molecule has 1 aromatic rings. The van der Waals surface area contributed by atoms with Crippen LogP contribution in [0.3, 0.4) is 0 Å². The minimum atomic E-state index is -0.450. The van der Waals surface area contributed by atoms with Crippen LogP contribution in [0.4, 0.5) is 0 Å². The molecule has 0 N–H and O–H groups in total. The van der Waals surface area contributed by atoms with Gasteiger partial charge in [-0.15, -0.1) is 0 Å². The molecule has 0 bridgehead atoms. The van der Waals surface area contributed by atoms with Gasteiger partial charge in [0.15, 0.2) is 0 Å². The van der Waals surface area contributed by atoms with Crippen LogP contribution >= 0.6 is 0 Å². The molecule has 0 spiro atoms. The van der Waals surface area contributed by atoms with Crippen molar-refractivity contribution < 1.29 is 19.1 Å². The number of allylic oxidation sites excluding steroid dienone is 2. The zero-order valence-electron chi connectivity index (χ0n) is 12.5. The minimum Gasteiger partial charge on any atom is -0.461 e. The zero-order valence-corrected chi connectivity index (χ0v) is 12.5. The third-order valence-electron chi connectivity index (χ3n) is 2.77. The van der Waals surface area contributed by atoms with E-state index in [0.717, 1.165) is 11.1 Å². The maximum atomic E-state index is 11.5. The van der Waals surface area contributed by atoms with Crippen LogP contribution in [0.5, 0.6) is 0 Å². The Hall–Kier alpha value is -2.62. The Morgan fingerprint density at radius 2 is 1.64 bits per heavy atom. The van der Waals surface area contributed by atoms with Gasteiger partial charge in [-0.05, 0) is 11.1 Å². The normalized spacial score (nSPS) is 10.6. The molecule has 0 saturated carbocycles. The van der Waals surface area contributed by atoms with E-state index in [9.17, 15) is 9.59 Å². The number of hydrogen-bond donors (Lipinski definition) is 0. The summed E-state index contributed by atoms with van der Waals surface area (Å²) in [5.74, 6) is -0.875. The molecule has 0 saturated heterocycles. The fourth-order valence-corrected chi connectivity index (χ4v) is 1.58. The molecule has 116 valence electrons. The highest BCUT2D eigenvalue weighted by Crippen LogP contribution is 2.04. The highest BCUT2D eigenvalue weighted by molar-refractivity contribution is 5.77. The van der Waals surface area contributed by atoms with E-state index in [1.54, 1.807) is 18.2 Å². The lowest BCUT2D eigenvalue weighted by atomic mass is 10.2. The number of esters is 2. The molecule has 0 aliphatic rings. The molecule has 0 aromatic heterocycles. The molecule has 0 aliphatic carbocycles. The molecule has 0 aliphatic heterocycles. The van der Waals surface area contributed by atoms with Crippen molar-refractivity contribution in [3.8, 4) is 0 Å². The van der Waals surface area contributed by atoms with Crippen molar-refractivity contribution >= 4 is 11.9 Å². The molecule has 0 fully saturated rings. The van der Waals surface area contributed by atoms with Crippen LogP contribution < -0.4 is 0 Å². The van der Waals surface area contributed by atoms with Gasteiger partial charge in [-0.25, -0.2) is 0 Å². The maximum absolute atomic E-state index is 11.5. The Kier molecular flexibility index (Phi) is 8.05. The monoisotopic (exact) mass is 300 g/mol. The Morgan fingerprint density at radius 1 is 1.00 bits per heavy atom. The molecule has 4 heteroatoms. The smallest absolute Gasteiger partial charge is 0.306 e. The van der Waals surface area contributed by atoms with E-state index in [1.807, 2.05) is 30.3 Å². The van der Waals surface area contributed by atoms with Crippen molar-refractivity contribution in [3.63, 3.8) is 0 Å². The number of carbonyl (C=O) groups is 2. The average Bonchev–Trinajstić information content (AvgIpc) is 2.55. The van der Waals surface area contributed by atoms with Gasteiger partial charge < -0.3 is 9.47 Å². The first-order valence-corrected chi connectivity index (χ1v) is 6.95. The lowest BCUT2D eigenvalue weighted by molar-refractivity contribution is -0.150. The summed E-state index contributed by atoms with van der Waals surface area (Å²) in [7, 11) is 0. The van der Waals surface area contributed by atoms with Crippen LogP contribution in [0.25, 0.3) is 0 Å².